The van der Waals surface area contributed by atoms with Crippen molar-refractivity contribution in [1.29, 1.82) is 0 Å². The van der Waals surface area contributed by atoms with Crippen LogP contribution < -0.4 is 5.32 Å². The lowest BCUT2D eigenvalue weighted by Crippen LogP contribution is -2.37. The minimum Gasteiger partial charge on any atom is -0.373 e. The second kappa shape index (κ2) is 10.2. The van der Waals surface area contributed by atoms with E-state index >= 15 is 0 Å². The molecule has 0 aliphatic carbocycles. The number of carbonyl (C=O) groups is 1. The molecule has 0 bridgehead atoms. The molecular weight excluding hydrogens is 412 g/mol. The fourth-order valence-electron chi connectivity index (χ4n) is 3.80. The van der Waals surface area contributed by atoms with Crippen molar-refractivity contribution in [2.45, 2.75) is 13.1 Å². The van der Waals surface area contributed by atoms with Gasteiger partial charge in [-0.1, -0.05) is 30.3 Å². The van der Waals surface area contributed by atoms with Crippen LogP contribution in [0.25, 0.3) is 22.0 Å². The molecule has 0 fully saturated rings. The van der Waals surface area contributed by atoms with Gasteiger partial charge in [-0.15, -0.1) is 0 Å². The predicted molar refractivity (Wildman–Crippen MR) is 132 cm³/mol. The molecule has 0 spiro atoms. The second-order valence-corrected chi connectivity index (χ2v) is 8.21. The van der Waals surface area contributed by atoms with Gasteiger partial charge in [-0.3, -0.25) is 9.78 Å². The van der Waals surface area contributed by atoms with Crippen molar-refractivity contribution in [3.63, 3.8) is 0 Å². The Bertz CT molecular complexity index is 1240. The number of anilines is 1. The highest BCUT2D eigenvalue weighted by molar-refractivity contribution is 5.92. The van der Waals surface area contributed by atoms with Crippen LogP contribution in [0, 0.1) is 0 Å². The summed E-state index contributed by atoms with van der Waals surface area (Å²) in [6.45, 7) is 1.33. The van der Waals surface area contributed by atoms with Crippen molar-refractivity contribution in [2.75, 3.05) is 33.0 Å². The van der Waals surface area contributed by atoms with Gasteiger partial charge in [0, 0.05) is 25.2 Å². The van der Waals surface area contributed by atoms with Crippen LogP contribution in [0.4, 0.5) is 5.82 Å². The van der Waals surface area contributed by atoms with Gasteiger partial charge in [-0.25, -0.2) is 9.97 Å². The largest absolute Gasteiger partial charge is 0.373 e. The van der Waals surface area contributed by atoms with Crippen LogP contribution >= 0.6 is 0 Å². The number of likely N-dealkylation sites (N-methyl/N-ethyl adjacent to an activating group) is 1. The number of hydrogen-bond donors (Lipinski definition) is 1. The molecule has 7 nitrogen and oxygen atoms in total. The molecule has 0 saturated heterocycles. The third-order valence-electron chi connectivity index (χ3n) is 5.39. The summed E-state index contributed by atoms with van der Waals surface area (Å²) in [5.74, 6) is 0.867. The summed E-state index contributed by atoms with van der Waals surface area (Å²) in [5, 5.41) is 4.11. The van der Waals surface area contributed by atoms with E-state index in [1.807, 2.05) is 61.3 Å². The highest BCUT2D eigenvalue weighted by Gasteiger charge is 2.16. The highest BCUT2D eigenvalue weighted by atomic mass is 16.2. The number of aromatic nitrogens is 3. The summed E-state index contributed by atoms with van der Waals surface area (Å²) in [6, 6.07) is 20.3. The molecule has 1 N–H and O–H groups in total. The molecule has 0 atom stereocenters. The number of nitrogens with zero attached hydrogens (tertiary/aromatic N) is 5. The van der Waals surface area contributed by atoms with Crippen molar-refractivity contribution >= 4 is 22.6 Å². The molecular formula is C26H28N6O. The number of rotatable bonds is 8. The lowest BCUT2D eigenvalue weighted by Gasteiger charge is -2.24. The van der Waals surface area contributed by atoms with Gasteiger partial charge in [0.15, 0.2) is 0 Å². The van der Waals surface area contributed by atoms with E-state index in [-0.39, 0.29) is 5.91 Å². The molecule has 33 heavy (non-hydrogen) atoms. The fourth-order valence-corrected chi connectivity index (χ4v) is 3.80. The number of pyridine rings is 1. The number of hydrogen-bond acceptors (Lipinski definition) is 6. The van der Waals surface area contributed by atoms with Crippen LogP contribution in [-0.2, 0) is 17.9 Å². The summed E-state index contributed by atoms with van der Waals surface area (Å²) in [7, 11) is 5.66. The standard InChI is InChI=1S/C26H28N6O/c1-27-26-23-14-21(10-11-24(23)29-18-30-26)20-8-6-7-19(13-20)15-32(25(33)17-31(2)3)16-22-9-4-5-12-28-22/h4-14,18H,15-17H2,1-3H3,(H,27,29,30). The summed E-state index contributed by atoms with van der Waals surface area (Å²) >= 11 is 0. The van der Waals surface area contributed by atoms with Gasteiger partial charge in [0.2, 0.25) is 5.91 Å². The maximum Gasteiger partial charge on any atom is 0.237 e. The first-order valence-electron chi connectivity index (χ1n) is 10.9. The Kier molecular flexibility index (Phi) is 6.90. The monoisotopic (exact) mass is 440 g/mol. The molecule has 0 saturated carbocycles. The first-order chi connectivity index (χ1) is 16.0. The molecule has 0 unspecified atom stereocenters. The maximum absolute atomic E-state index is 13.0. The topological polar surface area (TPSA) is 74.2 Å². The lowest BCUT2D eigenvalue weighted by atomic mass is 10.0. The Hall–Kier alpha value is -3.84. The van der Waals surface area contributed by atoms with Crippen molar-refractivity contribution in [2.24, 2.45) is 0 Å². The quantitative estimate of drug-likeness (QED) is 0.449. The van der Waals surface area contributed by atoms with Crippen LogP contribution in [0.15, 0.2) is 73.2 Å². The molecule has 2 heterocycles. The molecule has 7 heteroatoms. The summed E-state index contributed by atoms with van der Waals surface area (Å²) in [5.41, 5.74) is 4.98. The molecule has 0 aliphatic rings. The van der Waals surface area contributed by atoms with Gasteiger partial charge in [-0.2, -0.15) is 0 Å². The van der Waals surface area contributed by atoms with E-state index in [9.17, 15) is 4.79 Å². The average Bonchev–Trinajstić information content (AvgIpc) is 2.83. The Labute approximate surface area is 194 Å². The number of nitrogens with one attached hydrogen (secondary N) is 1. The summed E-state index contributed by atoms with van der Waals surface area (Å²) in [6.07, 6.45) is 3.32. The molecule has 168 valence electrons. The molecule has 2 aromatic carbocycles. The Morgan fingerprint density at radius 1 is 0.909 bits per heavy atom. The fraction of sp³-hybridized carbons (Fsp3) is 0.231. The number of benzene rings is 2. The smallest absolute Gasteiger partial charge is 0.237 e. The predicted octanol–water partition coefficient (Wildman–Crippen LogP) is 3.82. The first-order valence-corrected chi connectivity index (χ1v) is 10.9. The lowest BCUT2D eigenvalue weighted by molar-refractivity contribution is -0.133. The molecule has 0 aliphatic heterocycles. The molecule has 0 radical (unpaired) electrons. The minimum absolute atomic E-state index is 0.0672. The molecule has 4 rings (SSSR count). The zero-order valence-corrected chi connectivity index (χ0v) is 19.2. The number of carbonyl (C=O) groups excluding carboxylic acids is 1. The van der Waals surface area contributed by atoms with E-state index in [1.54, 1.807) is 12.5 Å². The first kappa shape index (κ1) is 22.4. The van der Waals surface area contributed by atoms with Crippen molar-refractivity contribution in [1.82, 2.24) is 24.8 Å². The second-order valence-electron chi connectivity index (χ2n) is 8.21. The van der Waals surface area contributed by atoms with Gasteiger partial charge in [-0.05, 0) is 61.1 Å². The van der Waals surface area contributed by atoms with Crippen molar-refractivity contribution < 1.29 is 4.79 Å². The van der Waals surface area contributed by atoms with Gasteiger partial charge in [0.05, 0.1) is 24.3 Å². The van der Waals surface area contributed by atoms with Crippen molar-refractivity contribution in [3.8, 4) is 11.1 Å². The normalized spacial score (nSPS) is 11.0. The van der Waals surface area contributed by atoms with E-state index in [0.717, 1.165) is 39.1 Å². The molecule has 1 amide bonds. The van der Waals surface area contributed by atoms with Gasteiger partial charge in [0.1, 0.15) is 12.1 Å². The summed E-state index contributed by atoms with van der Waals surface area (Å²) in [4.78, 5) is 29.8. The zero-order valence-electron chi connectivity index (χ0n) is 19.2. The van der Waals surface area contributed by atoms with Gasteiger partial charge in [0.25, 0.3) is 0 Å². The summed E-state index contributed by atoms with van der Waals surface area (Å²) < 4.78 is 0. The van der Waals surface area contributed by atoms with E-state index in [1.165, 1.54) is 0 Å². The highest BCUT2D eigenvalue weighted by Crippen LogP contribution is 2.27. The molecule has 2 aromatic heterocycles. The molecule has 4 aromatic rings. The third-order valence-corrected chi connectivity index (χ3v) is 5.39. The maximum atomic E-state index is 13.0. The Morgan fingerprint density at radius 2 is 1.76 bits per heavy atom. The Morgan fingerprint density at radius 3 is 2.52 bits per heavy atom. The van der Waals surface area contributed by atoms with Gasteiger partial charge >= 0.3 is 0 Å². The van der Waals surface area contributed by atoms with Crippen molar-refractivity contribution in [3.05, 3.63) is 84.4 Å². The van der Waals surface area contributed by atoms with E-state index < -0.39 is 0 Å². The minimum atomic E-state index is 0.0672. The van der Waals surface area contributed by atoms with E-state index in [2.05, 4.69) is 50.6 Å². The van der Waals surface area contributed by atoms with E-state index in [0.29, 0.717) is 19.6 Å². The van der Waals surface area contributed by atoms with E-state index in [4.69, 9.17) is 0 Å². The SMILES string of the molecule is CNc1ncnc2ccc(-c3cccc(CN(Cc4ccccn4)C(=O)CN(C)C)c3)cc12. The number of amides is 1. The average molecular weight is 441 g/mol. The van der Waals surface area contributed by atoms with Crippen LogP contribution in [0.2, 0.25) is 0 Å². The Balaban J connectivity index is 1.62. The van der Waals surface area contributed by atoms with Gasteiger partial charge < -0.3 is 15.1 Å². The van der Waals surface area contributed by atoms with Crippen LogP contribution in [0.5, 0.6) is 0 Å². The van der Waals surface area contributed by atoms with Crippen LogP contribution in [0.1, 0.15) is 11.3 Å². The third kappa shape index (κ3) is 5.51. The number of fused-ring (bicyclic) bond motifs is 1. The van der Waals surface area contributed by atoms with Crippen LogP contribution in [0.3, 0.4) is 0 Å². The zero-order chi connectivity index (χ0) is 23.2. The van der Waals surface area contributed by atoms with Crippen LogP contribution in [-0.4, -0.2) is 58.3 Å².